The lowest BCUT2D eigenvalue weighted by Gasteiger charge is -2.35. The van der Waals surface area contributed by atoms with Crippen LogP contribution in [-0.2, 0) is 34.7 Å². The summed E-state index contributed by atoms with van der Waals surface area (Å²) >= 11 is 0. The number of aliphatic hydroxyl groups is 3. The number of non-ortho nitro benzene ring substituents is 1. The number of carbonyl (C=O) groups excluding carboxylic acids is 2. The highest BCUT2D eigenvalue weighted by Crippen LogP contribution is 2.47. The number of unbranched alkanes of at least 4 members (excludes halogenated alkanes) is 1. The van der Waals surface area contributed by atoms with Crippen LogP contribution in [0.15, 0.2) is 109 Å². The van der Waals surface area contributed by atoms with E-state index in [0.29, 0.717) is 73.8 Å². The zero-order valence-electron chi connectivity index (χ0n) is 34.3. The molecule has 4 N–H and O–H groups in total. The lowest BCUT2D eigenvalue weighted by molar-refractivity contribution is -0.385. The summed E-state index contributed by atoms with van der Waals surface area (Å²) < 4.78 is 7.45. The Labute approximate surface area is 354 Å². The molecule has 0 bridgehead atoms. The van der Waals surface area contributed by atoms with E-state index in [1.54, 1.807) is 28.8 Å². The number of allylic oxidation sites excluding steroid dienone is 1. The van der Waals surface area contributed by atoms with E-state index in [1.165, 1.54) is 23.1 Å². The third kappa shape index (κ3) is 8.96. The third-order valence-corrected chi connectivity index (χ3v) is 11.4. The number of fused-ring (bicyclic) bond motifs is 2. The fourth-order valence-electron chi connectivity index (χ4n) is 8.19. The van der Waals surface area contributed by atoms with Crippen molar-refractivity contribution in [2.24, 2.45) is 5.92 Å². The Morgan fingerprint density at radius 2 is 1.82 bits per heavy atom. The average Bonchev–Trinajstić information content (AvgIpc) is 3.82. The molecule has 0 spiro atoms. The van der Waals surface area contributed by atoms with Gasteiger partial charge in [-0.15, -0.1) is 5.10 Å². The van der Waals surface area contributed by atoms with Crippen LogP contribution in [0.3, 0.4) is 0 Å². The molecular weight excluding hydrogens is 779 g/mol. The molecule has 0 saturated carbocycles. The molecule has 61 heavy (non-hydrogen) atoms. The van der Waals surface area contributed by atoms with Gasteiger partial charge in [-0.2, -0.15) is 0 Å². The molecule has 318 valence electrons. The van der Waals surface area contributed by atoms with Crippen molar-refractivity contribution in [2.75, 3.05) is 36.2 Å². The average molecular weight is 830 g/mol. The Morgan fingerprint density at radius 3 is 2.57 bits per heavy atom. The van der Waals surface area contributed by atoms with E-state index in [2.05, 4.69) is 15.6 Å². The van der Waals surface area contributed by atoms with Gasteiger partial charge in [0, 0.05) is 48.6 Å². The highest BCUT2D eigenvalue weighted by atomic mass is 16.6. The van der Waals surface area contributed by atoms with Crippen molar-refractivity contribution in [1.29, 1.82) is 0 Å². The molecule has 15 nitrogen and oxygen atoms in total. The maximum absolute atomic E-state index is 14.5. The first-order valence-electron chi connectivity index (χ1n) is 20.7. The summed E-state index contributed by atoms with van der Waals surface area (Å²) in [5.41, 5.74) is 2.58. The molecule has 2 amide bonds. The van der Waals surface area contributed by atoms with Crippen molar-refractivity contribution < 1.29 is 34.6 Å². The van der Waals surface area contributed by atoms with Gasteiger partial charge in [-0.25, -0.2) is 0 Å². The van der Waals surface area contributed by atoms with Crippen LogP contribution in [0.2, 0.25) is 0 Å². The first kappa shape index (κ1) is 42.8. The molecule has 3 heterocycles. The number of nitro groups is 1. The largest absolute Gasteiger partial charge is 0.494 e. The molecule has 4 atom stereocenters. The van der Waals surface area contributed by atoms with E-state index in [4.69, 9.17) is 4.74 Å². The normalized spacial score (nSPS) is 18.3. The maximum Gasteiger partial charge on any atom is 0.269 e. The topological polar surface area (TPSA) is 196 Å². The molecule has 2 aliphatic heterocycles. The Bertz CT molecular complexity index is 2390. The lowest BCUT2D eigenvalue weighted by atomic mass is 9.82. The van der Waals surface area contributed by atoms with Crippen molar-refractivity contribution in [3.8, 4) is 5.75 Å². The summed E-state index contributed by atoms with van der Waals surface area (Å²) in [6.45, 7) is 5.07. The lowest BCUT2D eigenvalue weighted by Crippen LogP contribution is -2.49. The SMILES string of the molecule is CCOc1ccc2c(c1)CC(NCCCCO)C(=O)N2c1cccc(CN2C(=O)[C@@](O)([C@@H](C)/C=C/CCn3cc(C(CO)c4ccccc4)nn3)c3cc([N+](=O)[O-])ccc32)c1. The van der Waals surface area contributed by atoms with Gasteiger partial charge in [-0.3, -0.25) is 29.3 Å². The van der Waals surface area contributed by atoms with E-state index in [9.17, 15) is 35.0 Å². The van der Waals surface area contributed by atoms with Crippen LogP contribution in [0.4, 0.5) is 22.7 Å². The molecule has 7 rings (SSSR count). The molecule has 1 aromatic heterocycles. The Balaban J connectivity index is 1.12. The standard InChI is InChI=1S/C46H51N7O8/c1-3-61-37-18-20-42-34(25-37)26-40(47-21-8-10-23-54)44(56)52(42)35-16-11-13-32(24-35)28-51-43-19-17-36(53(59)60)27-39(43)46(58,45(51)57)31(2)12-7-9-22-50-29-41(48-49-50)38(30-55)33-14-5-4-6-15-33/h4-7,11-20,24-25,27,29,31,38,40,47,54-55,58H,3,8-10,21-23,26,28,30H2,1-2H3/b12-7+/t31-,38?,40?,46+/m0/s1. The second-order valence-corrected chi connectivity index (χ2v) is 15.4. The number of anilines is 3. The minimum absolute atomic E-state index is 0.0175. The molecule has 2 aliphatic rings. The van der Waals surface area contributed by atoms with Gasteiger partial charge in [0.15, 0.2) is 5.60 Å². The highest BCUT2D eigenvalue weighted by Gasteiger charge is 2.53. The fraction of sp³-hybridized carbons (Fsp3) is 0.348. The number of nitro benzene ring substituents is 1. The molecule has 0 aliphatic carbocycles. The van der Waals surface area contributed by atoms with E-state index in [1.807, 2.05) is 85.8 Å². The van der Waals surface area contributed by atoms with Gasteiger partial charge in [-0.1, -0.05) is 66.8 Å². The van der Waals surface area contributed by atoms with Crippen LogP contribution < -0.4 is 19.9 Å². The van der Waals surface area contributed by atoms with Crippen LogP contribution >= 0.6 is 0 Å². The third-order valence-electron chi connectivity index (χ3n) is 11.4. The monoisotopic (exact) mass is 829 g/mol. The summed E-state index contributed by atoms with van der Waals surface area (Å²) in [5.74, 6) is -1.17. The second-order valence-electron chi connectivity index (χ2n) is 15.4. The van der Waals surface area contributed by atoms with Crippen molar-refractivity contribution in [3.63, 3.8) is 0 Å². The summed E-state index contributed by atoms with van der Waals surface area (Å²) in [4.78, 5) is 43.1. The van der Waals surface area contributed by atoms with E-state index in [0.717, 1.165) is 16.8 Å². The van der Waals surface area contributed by atoms with Crippen molar-refractivity contribution >= 4 is 34.6 Å². The van der Waals surface area contributed by atoms with Crippen molar-refractivity contribution in [3.05, 3.63) is 147 Å². The van der Waals surface area contributed by atoms with Gasteiger partial charge in [0.1, 0.15) is 5.75 Å². The first-order chi connectivity index (χ1) is 29.6. The number of hydrogen-bond donors (Lipinski definition) is 4. The Morgan fingerprint density at radius 1 is 1.02 bits per heavy atom. The van der Waals surface area contributed by atoms with Gasteiger partial charge in [0.2, 0.25) is 5.91 Å². The maximum atomic E-state index is 14.5. The van der Waals surface area contributed by atoms with Gasteiger partial charge < -0.3 is 30.3 Å². The molecule has 5 aromatic rings. The molecule has 0 radical (unpaired) electrons. The summed E-state index contributed by atoms with van der Waals surface area (Å²) in [7, 11) is 0. The smallest absolute Gasteiger partial charge is 0.269 e. The second kappa shape index (κ2) is 19.0. The minimum atomic E-state index is -2.12. The zero-order chi connectivity index (χ0) is 43.1. The van der Waals surface area contributed by atoms with E-state index >= 15 is 0 Å². The number of amides is 2. The molecule has 4 aromatic carbocycles. The van der Waals surface area contributed by atoms with Crippen LogP contribution in [0.5, 0.6) is 5.75 Å². The number of nitrogens with zero attached hydrogens (tertiary/aromatic N) is 6. The quantitative estimate of drug-likeness (QED) is 0.0346. The molecule has 0 saturated heterocycles. The van der Waals surface area contributed by atoms with Crippen molar-refractivity contribution in [1.82, 2.24) is 20.3 Å². The minimum Gasteiger partial charge on any atom is -0.494 e. The van der Waals surface area contributed by atoms with Crippen LogP contribution in [0.1, 0.15) is 67.0 Å². The highest BCUT2D eigenvalue weighted by molar-refractivity contribution is 6.08. The van der Waals surface area contributed by atoms with Gasteiger partial charge >= 0.3 is 0 Å². The van der Waals surface area contributed by atoms with Crippen LogP contribution in [0, 0.1) is 16.0 Å². The summed E-state index contributed by atoms with van der Waals surface area (Å²) in [5, 5.41) is 55.5. The number of aromatic nitrogens is 3. The van der Waals surface area contributed by atoms with E-state index in [-0.39, 0.29) is 42.8 Å². The van der Waals surface area contributed by atoms with Crippen LogP contribution in [0.25, 0.3) is 0 Å². The van der Waals surface area contributed by atoms with Gasteiger partial charge in [0.05, 0.1) is 53.7 Å². The number of aliphatic hydroxyl groups excluding tert-OH is 2. The number of nitrogens with one attached hydrogen (secondary N) is 1. The van der Waals surface area contributed by atoms with E-state index < -0.39 is 28.4 Å². The predicted molar refractivity (Wildman–Crippen MR) is 230 cm³/mol. The zero-order valence-corrected chi connectivity index (χ0v) is 34.3. The van der Waals surface area contributed by atoms with Crippen LogP contribution in [-0.4, -0.2) is 79.5 Å². The number of benzene rings is 4. The van der Waals surface area contributed by atoms with Crippen molar-refractivity contribution in [2.45, 2.75) is 70.2 Å². The number of hydrogen-bond acceptors (Lipinski definition) is 11. The van der Waals surface area contributed by atoms with Gasteiger partial charge in [-0.05, 0) is 92.2 Å². The number of rotatable bonds is 19. The predicted octanol–water partition coefficient (Wildman–Crippen LogP) is 5.68. The fourth-order valence-corrected chi connectivity index (χ4v) is 8.19. The molecule has 15 heteroatoms. The Kier molecular flexibility index (Phi) is 13.3. The summed E-state index contributed by atoms with van der Waals surface area (Å²) in [6.07, 6.45) is 7.62. The number of ether oxygens (including phenoxy) is 1. The summed E-state index contributed by atoms with van der Waals surface area (Å²) in [6, 6.07) is 26.1. The first-order valence-corrected chi connectivity index (χ1v) is 20.7. The van der Waals surface area contributed by atoms with Gasteiger partial charge in [0.25, 0.3) is 11.6 Å². The Hall–Kier alpha value is -6.26. The number of aryl methyl sites for hydroxylation is 1. The molecular formula is C46H51N7O8. The molecule has 2 unspecified atom stereocenters. The molecule has 0 fully saturated rings. The number of carbonyl (C=O) groups is 2.